The van der Waals surface area contributed by atoms with Gasteiger partial charge in [0.05, 0.1) is 0 Å². The second kappa shape index (κ2) is 11.6. The van der Waals surface area contributed by atoms with Crippen LogP contribution in [0.1, 0.15) is 87.9 Å². The topological polar surface area (TPSA) is 49.4 Å². The van der Waals surface area contributed by atoms with E-state index in [1.54, 1.807) is 12.1 Å². The molecule has 3 fully saturated rings. The zero-order valence-corrected chi connectivity index (χ0v) is 20.2. The molecule has 1 saturated heterocycles. The number of hydrogen-bond donors (Lipinski definition) is 1. The SMILES string of the molecule is CC1CCC(C(=O)NC2CCC(CCN3CCC(C(=O)c4ccc(F)cc4)CC3)CC2)CC1. The van der Waals surface area contributed by atoms with Crippen molar-refractivity contribution in [2.45, 2.75) is 83.6 Å². The zero-order chi connectivity index (χ0) is 23.2. The summed E-state index contributed by atoms with van der Waals surface area (Å²) in [6.07, 6.45) is 12.2. The number of nitrogens with one attached hydrogen (secondary N) is 1. The van der Waals surface area contributed by atoms with Gasteiger partial charge in [0.25, 0.3) is 0 Å². The second-order valence-electron chi connectivity index (χ2n) is 11.0. The number of hydrogen-bond acceptors (Lipinski definition) is 3. The van der Waals surface area contributed by atoms with Gasteiger partial charge in [0, 0.05) is 23.4 Å². The Bertz CT molecular complexity index is 772. The fourth-order valence-corrected chi connectivity index (χ4v) is 6.07. The minimum atomic E-state index is -0.295. The number of carbonyl (C=O) groups is 2. The highest BCUT2D eigenvalue weighted by molar-refractivity contribution is 5.97. The molecule has 182 valence electrons. The molecule has 33 heavy (non-hydrogen) atoms. The minimum absolute atomic E-state index is 0.0677. The first-order chi connectivity index (χ1) is 16.0. The van der Waals surface area contributed by atoms with Gasteiger partial charge < -0.3 is 10.2 Å². The van der Waals surface area contributed by atoms with Crippen LogP contribution < -0.4 is 5.32 Å². The van der Waals surface area contributed by atoms with Crippen molar-refractivity contribution in [1.29, 1.82) is 0 Å². The smallest absolute Gasteiger partial charge is 0.223 e. The van der Waals surface area contributed by atoms with Crippen LogP contribution in [0, 0.1) is 29.5 Å². The Hall–Kier alpha value is -1.75. The van der Waals surface area contributed by atoms with Gasteiger partial charge >= 0.3 is 0 Å². The average Bonchev–Trinajstić information content (AvgIpc) is 2.84. The summed E-state index contributed by atoms with van der Waals surface area (Å²) < 4.78 is 13.1. The van der Waals surface area contributed by atoms with E-state index in [1.807, 2.05) is 0 Å². The molecule has 0 radical (unpaired) electrons. The maximum atomic E-state index is 13.1. The monoisotopic (exact) mass is 456 g/mol. The number of benzene rings is 1. The third kappa shape index (κ3) is 6.88. The summed E-state index contributed by atoms with van der Waals surface area (Å²) in [5.74, 6) is 2.03. The van der Waals surface area contributed by atoms with Gasteiger partial charge in [0.1, 0.15) is 5.82 Å². The summed E-state index contributed by atoms with van der Waals surface area (Å²) >= 11 is 0. The maximum Gasteiger partial charge on any atom is 0.223 e. The summed E-state index contributed by atoms with van der Waals surface area (Å²) in [4.78, 5) is 27.8. The van der Waals surface area contributed by atoms with E-state index in [1.165, 1.54) is 44.2 Å². The maximum absolute atomic E-state index is 13.1. The molecule has 2 aliphatic carbocycles. The average molecular weight is 457 g/mol. The van der Waals surface area contributed by atoms with Crippen LogP contribution in [0.15, 0.2) is 24.3 Å². The highest BCUT2D eigenvalue weighted by Gasteiger charge is 2.29. The number of Topliss-reactive ketones (excluding diaryl/α,β-unsaturated/α-hetero) is 1. The van der Waals surface area contributed by atoms with Crippen molar-refractivity contribution < 1.29 is 14.0 Å². The van der Waals surface area contributed by atoms with E-state index in [9.17, 15) is 14.0 Å². The molecule has 1 N–H and O–H groups in total. The summed E-state index contributed by atoms with van der Waals surface area (Å²) in [5.41, 5.74) is 0.636. The Kier molecular flexibility index (Phi) is 8.56. The number of nitrogens with zero attached hydrogens (tertiary/aromatic N) is 1. The number of rotatable bonds is 7. The zero-order valence-electron chi connectivity index (χ0n) is 20.2. The highest BCUT2D eigenvalue weighted by atomic mass is 19.1. The first-order valence-corrected chi connectivity index (χ1v) is 13.3. The fraction of sp³-hybridized carbons (Fsp3) is 0.714. The Morgan fingerprint density at radius 2 is 1.52 bits per heavy atom. The van der Waals surface area contributed by atoms with Gasteiger partial charge in [-0.05, 0) is 126 Å². The Morgan fingerprint density at radius 3 is 2.15 bits per heavy atom. The lowest BCUT2D eigenvalue weighted by Gasteiger charge is -2.34. The summed E-state index contributed by atoms with van der Waals surface area (Å²) in [6, 6.07) is 6.34. The van der Waals surface area contributed by atoms with Crippen molar-refractivity contribution in [2.75, 3.05) is 19.6 Å². The molecular formula is C28H41FN2O2. The predicted octanol–water partition coefficient (Wildman–Crippen LogP) is 5.61. The third-order valence-electron chi connectivity index (χ3n) is 8.52. The molecule has 1 amide bonds. The van der Waals surface area contributed by atoms with Crippen LogP contribution >= 0.6 is 0 Å². The number of amides is 1. The number of likely N-dealkylation sites (tertiary alicyclic amines) is 1. The molecule has 1 aliphatic heterocycles. The third-order valence-corrected chi connectivity index (χ3v) is 8.52. The Balaban J connectivity index is 1.11. The van der Waals surface area contributed by atoms with Gasteiger partial charge in [-0.15, -0.1) is 0 Å². The van der Waals surface area contributed by atoms with E-state index in [2.05, 4.69) is 17.1 Å². The highest BCUT2D eigenvalue weighted by Crippen LogP contribution is 2.31. The largest absolute Gasteiger partial charge is 0.353 e. The number of ketones is 1. The summed E-state index contributed by atoms with van der Waals surface area (Å²) in [7, 11) is 0. The molecule has 3 aliphatic rings. The first kappa shape index (κ1) is 24.4. The van der Waals surface area contributed by atoms with Gasteiger partial charge in [-0.25, -0.2) is 4.39 Å². The molecule has 2 saturated carbocycles. The fourth-order valence-electron chi connectivity index (χ4n) is 6.07. The molecule has 1 heterocycles. The van der Waals surface area contributed by atoms with Crippen molar-refractivity contribution in [3.05, 3.63) is 35.6 Å². The standard InChI is InChI=1S/C28H41FN2O2/c1-20-2-6-24(7-3-20)28(33)30-26-12-4-21(5-13-26)14-17-31-18-15-23(16-19-31)27(32)22-8-10-25(29)11-9-22/h8-11,20-21,23-24,26H,2-7,12-19H2,1H3,(H,30,33). The van der Waals surface area contributed by atoms with Gasteiger partial charge in [-0.3, -0.25) is 9.59 Å². The predicted molar refractivity (Wildman–Crippen MR) is 130 cm³/mol. The quantitative estimate of drug-likeness (QED) is 0.543. The van der Waals surface area contributed by atoms with Crippen LogP contribution in [0.3, 0.4) is 0 Å². The van der Waals surface area contributed by atoms with Crippen molar-refractivity contribution in [1.82, 2.24) is 10.2 Å². The van der Waals surface area contributed by atoms with E-state index in [0.29, 0.717) is 17.5 Å². The molecule has 4 rings (SSSR count). The number of carbonyl (C=O) groups excluding carboxylic acids is 2. The van der Waals surface area contributed by atoms with Crippen molar-refractivity contribution >= 4 is 11.7 Å². The van der Waals surface area contributed by atoms with Gasteiger partial charge in [-0.1, -0.05) is 6.92 Å². The lowest BCUT2D eigenvalue weighted by atomic mass is 9.81. The van der Waals surface area contributed by atoms with Crippen LogP contribution in [0.25, 0.3) is 0 Å². The molecule has 5 heteroatoms. The molecule has 1 aromatic rings. The minimum Gasteiger partial charge on any atom is -0.353 e. The van der Waals surface area contributed by atoms with Gasteiger partial charge in [0.15, 0.2) is 5.78 Å². The summed E-state index contributed by atoms with van der Waals surface area (Å²) in [6.45, 7) is 5.36. The molecule has 4 nitrogen and oxygen atoms in total. The lowest BCUT2D eigenvalue weighted by Crippen LogP contribution is -2.42. The van der Waals surface area contributed by atoms with E-state index in [0.717, 1.165) is 70.0 Å². The van der Waals surface area contributed by atoms with Crippen molar-refractivity contribution in [2.24, 2.45) is 23.7 Å². The van der Waals surface area contributed by atoms with Gasteiger partial charge in [0.2, 0.25) is 5.91 Å². The lowest BCUT2D eigenvalue weighted by molar-refractivity contribution is -0.127. The van der Waals surface area contributed by atoms with E-state index >= 15 is 0 Å². The number of halogens is 1. The van der Waals surface area contributed by atoms with Crippen LogP contribution in [-0.4, -0.2) is 42.3 Å². The van der Waals surface area contributed by atoms with Crippen molar-refractivity contribution in [3.8, 4) is 0 Å². The molecule has 0 atom stereocenters. The van der Waals surface area contributed by atoms with Crippen molar-refractivity contribution in [3.63, 3.8) is 0 Å². The van der Waals surface area contributed by atoms with Gasteiger partial charge in [-0.2, -0.15) is 0 Å². The first-order valence-electron chi connectivity index (χ1n) is 13.3. The Morgan fingerprint density at radius 1 is 0.879 bits per heavy atom. The van der Waals surface area contributed by atoms with Crippen LogP contribution in [0.4, 0.5) is 4.39 Å². The summed E-state index contributed by atoms with van der Waals surface area (Å²) in [5, 5.41) is 3.36. The Labute approximate surface area is 198 Å². The molecule has 0 spiro atoms. The molecule has 0 bridgehead atoms. The molecule has 0 aromatic heterocycles. The molecule has 1 aromatic carbocycles. The van der Waals surface area contributed by atoms with E-state index in [-0.39, 0.29) is 23.4 Å². The molecule has 0 unspecified atom stereocenters. The van der Waals surface area contributed by atoms with Crippen LogP contribution in [-0.2, 0) is 4.79 Å². The van der Waals surface area contributed by atoms with Crippen LogP contribution in [0.5, 0.6) is 0 Å². The van der Waals surface area contributed by atoms with Crippen LogP contribution in [0.2, 0.25) is 0 Å². The van der Waals surface area contributed by atoms with E-state index in [4.69, 9.17) is 0 Å². The number of piperidine rings is 1. The molecular weight excluding hydrogens is 415 g/mol. The van der Waals surface area contributed by atoms with E-state index < -0.39 is 0 Å². The second-order valence-corrected chi connectivity index (χ2v) is 11.0. The normalized spacial score (nSPS) is 29.5.